The number of ether oxygens (including phenoxy) is 1. The predicted octanol–water partition coefficient (Wildman–Crippen LogP) is 1.99. The molecule has 3 nitrogen and oxygen atoms in total. The van der Waals surface area contributed by atoms with Crippen molar-refractivity contribution < 1.29 is 9.53 Å². The van der Waals surface area contributed by atoms with E-state index in [1.54, 1.807) is 0 Å². The van der Waals surface area contributed by atoms with E-state index in [1.807, 2.05) is 11.8 Å². The molecule has 0 bridgehead atoms. The van der Waals surface area contributed by atoms with E-state index in [2.05, 4.69) is 0 Å². The van der Waals surface area contributed by atoms with E-state index >= 15 is 0 Å². The van der Waals surface area contributed by atoms with Crippen LogP contribution in [0.1, 0.15) is 38.5 Å². The third-order valence-electron chi connectivity index (χ3n) is 3.89. The van der Waals surface area contributed by atoms with Gasteiger partial charge in [0, 0.05) is 24.7 Å². The van der Waals surface area contributed by atoms with Gasteiger partial charge in [-0.3, -0.25) is 4.79 Å². The summed E-state index contributed by atoms with van der Waals surface area (Å²) in [6.07, 6.45) is 5.65. The van der Waals surface area contributed by atoms with Crippen LogP contribution in [0.15, 0.2) is 0 Å². The third kappa shape index (κ3) is 3.46. The molecule has 17 heavy (non-hydrogen) atoms. The second kappa shape index (κ2) is 6.21. The molecular formula is C13H23NO2S. The van der Waals surface area contributed by atoms with Crippen molar-refractivity contribution in [2.24, 2.45) is 11.7 Å². The number of ketones is 1. The highest BCUT2D eigenvalue weighted by atomic mass is 32.2. The summed E-state index contributed by atoms with van der Waals surface area (Å²) in [4.78, 5) is 12.1. The van der Waals surface area contributed by atoms with Crippen molar-refractivity contribution in [2.75, 3.05) is 24.7 Å². The van der Waals surface area contributed by atoms with Gasteiger partial charge in [0.2, 0.25) is 0 Å². The van der Waals surface area contributed by atoms with E-state index in [4.69, 9.17) is 10.5 Å². The SMILES string of the molecule is NCCCCC(=O)C1CCOC2(CCSC2)C1. The minimum absolute atomic E-state index is 0.0388. The van der Waals surface area contributed by atoms with Crippen molar-refractivity contribution in [3.63, 3.8) is 0 Å². The Labute approximate surface area is 108 Å². The monoisotopic (exact) mass is 257 g/mol. The van der Waals surface area contributed by atoms with Crippen molar-refractivity contribution in [1.29, 1.82) is 0 Å². The Morgan fingerprint density at radius 2 is 2.35 bits per heavy atom. The van der Waals surface area contributed by atoms with E-state index in [1.165, 1.54) is 5.75 Å². The van der Waals surface area contributed by atoms with Crippen molar-refractivity contribution in [2.45, 2.75) is 44.1 Å². The van der Waals surface area contributed by atoms with Crippen molar-refractivity contribution >= 4 is 17.5 Å². The summed E-state index contributed by atoms with van der Waals surface area (Å²) < 4.78 is 5.94. The molecule has 2 rings (SSSR count). The Balaban J connectivity index is 1.82. The second-order valence-corrected chi connectivity index (χ2v) is 6.34. The number of nitrogens with two attached hydrogens (primary N) is 1. The van der Waals surface area contributed by atoms with Gasteiger partial charge in [-0.05, 0) is 44.4 Å². The van der Waals surface area contributed by atoms with Gasteiger partial charge in [0.25, 0.3) is 0 Å². The fourth-order valence-electron chi connectivity index (χ4n) is 2.81. The fourth-order valence-corrected chi connectivity index (χ4v) is 4.19. The molecule has 2 heterocycles. The van der Waals surface area contributed by atoms with Crippen LogP contribution in [0.2, 0.25) is 0 Å². The molecule has 0 radical (unpaired) electrons. The van der Waals surface area contributed by atoms with Gasteiger partial charge in [-0.1, -0.05) is 0 Å². The largest absolute Gasteiger partial charge is 0.374 e. The zero-order chi connectivity index (χ0) is 12.1. The highest BCUT2D eigenvalue weighted by Crippen LogP contribution is 2.40. The number of carbonyl (C=O) groups excluding carboxylic acids is 1. The average molecular weight is 257 g/mol. The lowest BCUT2D eigenvalue weighted by atomic mass is 9.82. The van der Waals surface area contributed by atoms with Crippen molar-refractivity contribution in [3.05, 3.63) is 0 Å². The summed E-state index contributed by atoms with van der Waals surface area (Å²) in [5, 5.41) is 0. The molecule has 0 aromatic rings. The maximum atomic E-state index is 12.1. The van der Waals surface area contributed by atoms with E-state index in [0.717, 1.165) is 44.5 Å². The number of Topliss-reactive ketones (excluding diaryl/α,β-unsaturated/α-hetero) is 1. The van der Waals surface area contributed by atoms with E-state index < -0.39 is 0 Å². The van der Waals surface area contributed by atoms with Crippen LogP contribution in [0.5, 0.6) is 0 Å². The van der Waals surface area contributed by atoms with Gasteiger partial charge in [-0.15, -0.1) is 0 Å². The summed E-state index contributed by atoms with van der Waals surface area (Å²) in [5.74, 6) is 2.96. The van der Waals surface area contributed by atoms with E-state index in [0.29, 0.717) is 18.7 Å². The van der Waals surface area contributed by atoms with Gasteiger partial charge in [0.15, 0.2) is 0 Å². The molecule has 2 aliphatic heterocycles. The molecule has 0 aromatic heterocycles. The predicted molar refractivity (Wildman–Crippen MR) is 71.3 cm³/mol. The van der Waals surface area contributed by atoms with Crippen LogP contribution in [0.25, 0.3) is 0 Å². The zero-order valence-corrected chi connectivity index (χ0v) is 11.3. The lowest BCUT2D eigenvalue weighted by Gasteiger charge is -2.37. The molecule has 0 amide bonds. The molecule has 2 aliphatic rings. The van der Waals surface area contributed by atoms with Crippen LogP contribution in [0.4, 0.5) is 0 Å². The first kappa shape index (κ1) is 13.4. The molecule has 2 unspecified atom stereocenters. The molecule has 0 aromatic carbocycles. The maximum Gasteiger partial charge on any atom is 0.136 e. The molecule has 2 N–H and O–H groups in total. The molecular weight excluding hydrogens is 234 g/mol. The summed E-state index contributed by atoms with van der Waals surface area (Å²) in [7, 11) is 0. The van der Waals surface area contributed by atoms with Gasteiger partial charge < -0.3 is 10.5 Å². The number of rotatable bonds is 5. The summed E-state index contributed by atoms with van der Waals surface area (Å²) in [6.45, 7) is 1.47. The lowest BCUT2D eigenvalue weighted by Crippen LogP contribution is -2.42. The number of thioether (sulfide) groups is 1. The normalized spacial score (nSPS) is 33.1. The summed E-state index contributed by atoms with van der Waals surface area (Å²) >= 11 is 1.96. The minimum atomic E-state index is 0.0388. The zero-order valence-electron chi connectivity index (χ0n) is 10.5. The molecule has 98 valence electrons. The minimum Gasteiger partial charge on any atom is -0.374 e. The third-order valence-corrected chi connectivity index (χ3v) is 5.12. The topological polar surface area (TPSA) is 52.3 Å². The Bertz CT molecular complexity index is 264. The highest BCUT2D eigenvalue weighted by Gasteiger charge is 2.41. The Kier molecular flexibility index (Phi) is 4.88. The Morgan fingerprint density at radius 3 is 3.06 bits per heavy atom. The van der Waals surface area contributed by atoms with Gasteiger partial charge in [-0.25, -0.2) is 0 Å². The Morgan fingerprint density at radius 1 is 1.47 bits per heavy atom. The molecule has 2 atom stereocenters. The van der Waals surface area contributed by atoms with Crippen LogP contribution in [-0.4, -0.2) is 36.0 Å². The van der Waals surface area contributed by atoms with Gasteiger partial charge in [0.05, 0.1) is 5.60 Å². The van der Waals surface area contributed by atoms with Crippen molar-refractivity contribution in [1.82, 2.24) is 0 Å². The van der Waals surface area contributed by atoms with Crippen LogP contribution in [-0.2, 0) is 9.53 Å². The van der Waals surface area contributed by atoms with Crippen LogP contribution in [0.3, 0.4) is 0 Å². The number of unbranched alkanes of at least 4 members (excludes halogenated alkanes) is 1. The summed E-state index contributed by atoms with van der Waals surface area (Å²) in [6, 6.07) is 0. The number of hydrogen-bond donors (Lipinski definition) is 1. The first-order chi connectivity index (χ1) is 8.26. The molecule has 2 saturated heterocycles. The lowest BCUT2D eigenvalue weighted by molar-refractivity contribution is -0.134. The quantitative estimate of drug-likeness (QED) is 0.765. The van der Waals surface area contributed by atoms with E-state index in [-0.39, 0.29) is 11.5 Å². The molecule has 4 heteroatoms. The van der Waals surface area contributed by atoms with Gasteiger partial charge >= 0.3 is 0 Å². The molecule has 0 aliphatic carbocycles. The van der Waals surface area contributed by atoms with Gasteiger partial charge in [-0.2, -0.15) is 11.8 Å². The standard InChI is InChI=1S/C13H23NO2S/c14-6-2-1-3-12(15)11-4-7-16-13(9-11)5-8-17-10-13/h11H,1-10,14H2. The van der Waals surface area contributed by atoms with Gasteiger partial charge in [0.1, 0.15) is 5.78 Å². The number of carbonyl (C=O) groups is 1. The molecule has 2 fully saturated rings. The highest BCUT2D eigenvalue weighted by molar-refractivity contribution is 7.99. The number of hydrogen-bond acceptors (Lipinski definition) is 4. The smallest absolute Gasteiger partial charge is 0.136 e. The average Bonchev–Trinajstić information content (AvgIpc) is 2.77. The first-order valence-electron chi connectivity index (χ1n) is 6.70. The van der Waals surface area contributed by atoms with Crippen LogP contribution in [0, 0.1) is 5.92 Å². The molecule has 0 saturated carbocycles. The van der Waals surface area contributed by atoms with Crippen LogP contribution >= 0.6 is 11.8 Å². The fraction of sp³-hybridized carbons (Fsp3) is 0.923. The van der Waals surface area contributed by atoms with Crippen molar-refractivity contribution in [3.8, 4) is 0 Å². The first-order valence-corrected chi connectivity index (χ1v) is 7.86. The maximum absolute atomic E-state index is 12.1. The Hall–Kier alpha value is -0.0600. The van der Waals surface area contributed by atoms with Crippen LogP contribution < -0.4 is 5.73 Å². The summed E-state index contributed by atoms with van der Waals surface area (Å²) in [5.41, 5.74) is 5.49. The molecule has 1 spiro atoms. The second-order valence-electron chi connectivity index (χ2n) is 5.24. The van der Waals surface area contributed by atoms with E-state index in [9.17, 15) is 4.79 Å².